The van der Waals surface area contributed by atoms with Gasteiger partial charge in [0, 0.05) is 42.7 Å². The van der Waals surface area contributed by atoms with Gasteiger partial charge in [-0.25, -0.2) is 0 Å². The summed E-state index contributed by atoms with van der Waals surface area (Å²) in [5.41, 5.74) is 9.17. The minimum absolute atomic E-state index is 0.116. The second kappa shape index (κ2) is 8.15. The fraction of sp³-hybridized carbons (Fsp3) is 0.200. The number of amides is 1. The summed E-state index contributed by atoms with van der Waals surface area (Å²) in [5, 5.41) is 0. The van der Waals surface area contributed by atoms with Gasteiger partial charge in [0.1, 0.15) is 0 Å². The Morgan fingerprint density at radius 1 is 0.880 bits per heavy atom. The van der Waals surface area contributed by atoms with E-state index in [1.807, 2.05) is 50.2 Å². The molecule has 25 heavy (non-hydrogen) atoms. The first-order chi connectivity index (χ1) is 11.9. The van der Waals surface area contributed by atoms with Gasteiger partial charge in [-0.3, -0.25) is 15.0 Å². The molecule has 2 rings (SSSR count). The first-order valence-electron chi connectivity index (χ1n) is 8.00. The number of allylic oxidation sites excluding steroid dienone is 2. The van der Waals surface area contributed by atoms with E-state index >= 15 is 0 Å². The Kier molecular flexibility index (Phi) is 5.95. The number of hydrogen-bond donors (Lipinski definition) is 2. The zero-order valence-electron chi connectivity index (χ0n) is 15.0. The van der Waals surface area contributed by atoms with E-state index < -0.39 is 0 Å². The minimum Gasteiger partial charge on any atom is -0.378 e. The van der Waals surface area contributed by atoms with Crippen LogP contribution in [-0.4, -0.2) is 25.8 Å². The van der Waals surface area contributed by atoms with Crippen molar-refractivity contribution in [2.75, 3.05) is 19.0 Å². The molecule has 0 saturated heterocycles. The van der Waals surface area contributed by atoms with Crippen molar-refractivity contribution in [1.82, 2.24) is 10.9 Å². The van der Waals surface area contributed by atoms with Crippen molar-refractivity contribution in [3.63, 3.8) is 0 Å². The lowest BCUT2D eigenvalue weighted by molar-refractivity contribution is 0.0936. The minimum atomic E-state index is -0.263. The highest BCUT2D eigenvalue weighted by molar-refractivity contribution is 6.04. The quantitative estimate of drug-likeness (QED) is 0.483. The number of carbonyl (C=O) groups excluding carboxylic acids is 2. The van der Waals surface area contributed by atoms with Crippen molar-refractivity contribution in [1.29, 1.82) is 0 Å². The van der Waals surface area contributed by atoms with E-state index in [9.17, 15) is 9.59 Å². The Bertz CT molecular complexity index is 776. The lowest BCUT2D eigenvalue weighted by atomic mass is 10.1. The molecule has 0 unspecified atom stereocenters. The number of benzene rings is 2. The number of aryl methyl sites for hydroxylation is 1. The number of anilines is 1. The van der Waals surface area contributed by atoms with Crippen LogP contribution >= 0.6 is 0 Å². The van der Waals surface area contributed by atoms with Gasteiger partial charge >= 0.3 is 0 Å². The number of carbonyl (C=O) groups is 2. The molecule has 2 aromatic carbocycles. The number of hydrogen-bond acceptors (Lipinski definition) is 4. The first-order valence-corrected chi connectivity index (χ1v) is 8.00. The summed E-state index contributed by atoms with van der Waals surface area (Å²) in [4.78, 5) is 26.2. The number of hydrazine groups is 1. The number of nitrogens with zero attached hydrogens (tertiary/aromatic N) is 1. The molecule has 1 amide bonds. The molecule has 5 heteroatoms. The van der Waals surface area contributed by atoms with Crippen LogP contribution < -0.4 is 15.8 Å². The Morgan fingerprint density at radius 3 is 2.00 bits per heavy atom. The van der Waals surface area contributed by atoms with Crippen molar-refractivity contribution >= 4 is 17.4 Å². The lowest BCUT2D eigenvalue weighted by Crippen LogP contribution is -2.36. The molecule has 5 nitrogen and oxygen atoms in total. The maximum absolute atomic E-state index is 12.1. The van der Waals surface area contributed by atoms with Gasteiger partial charge in [-0.1, -0.05) is 29.8 Å². The highest BCUT2D eigenvalue weighted by Crippen LogP contribution is 2.12. The standard InChI is InChI=1S/C20H23N3O2/c1-14-5-7-16(8-6-14)19(24)13-15(2)21-22-20(25)17-9-11-18(12-10-17)23(3)4/h5-13,21H,1-4H3,(H,22,25)/b15-13-. The third-order valence-corrected chi connectivity index (χ3v) is 3.70. The Hall–Kier alpha value is -3.08. The van der Waals surface area contributed by atoms with Gasteiger partial charge < -0.3 is 10.3 Å². The largest absolute Gasteiger partial charge is 0.378 e. The lowest BCUT2D eigenvalue weighted by Gasteiger charge is -2.13. The van der Waals surface area contributed by atoms with Gasteiger partial charge in [-0.15, -0.1) is 0 Å². The van der Waals surface area contributed by atoms with Gasteiger partial charge in [0.25, 0.3) is 5.91 Å². The molecular weight excluding hydrogens is 314 g/mol. The van der Waals surface area contributed by atoms with Crippen LogP contribution in [0.5, 0.6) is 0 Å². The van der Waals surface area contributed by atoms with Crippen molar-refractivity contribution < 1.29 is 9.59 Å². The molecule has 0 aliphatic heterocycles. The molecule has 2 N–H and O–H groups in total. The summed E-state index contributed by atoms with van der Waals surface area (Å²) >= 11 is 0. The normalized spacial score (nSPS) is 11.0. The average molecular weight is 337 g/mol. The zero-order valence-corrected chi connectivity index (χ0v) is 15.0. The van der Waals surface area contributed by atoms with Crippen LogP contribution in [0.4, 0.5) is 5.69 Å². The Labute approximate surface area is 148 Å². The zero-order chi connectivity index (χ0) is 18.4. The van der Waals surface area contributed by atoms with Crippen LogP contribution in [-0.2, 0) is 0 Å². The van der Waals surface area contributed by atoms with Crippen molar-refractivity contribution in [2.24, 2.45) is 0 Å². The molecule has 0 fully saturated rings. The third kappa shape index (κ3) is 5.21. The van der Waals surface area contributed by atoms with E-state index in [0.717, 1.165) is 11.3 Å². The Morgan fingerprint density at radius 2 is 1.44 bits per heavy atom. The Balaban J connectivity index is 1.94. The summed E-state index contributed by atoms with van der Waals surface area (Å²) < 4.78 is 0. The second-order valence-corrected chi connectivity index (χ2v) is 6.08. The highest BCUT2D eigenvalue weighted by Gasteiger charge is 2.07. The summed E-state index contributed by atoms with van der Waals surface area (Å²) in [6.07, 6.45) is 1.46. The van der Waals surface area contributed by atoms with E-state index in [1.54, 1.807) is 31.2 Å². The molecule has 130 valence electrons. The summed E-state index contributed by atoms with van der Waals surface area (Å²) in [6.45, 7) is 3.69. The molecule has 0 bridgehead atoms. The summed E-state index contributed by atoms with van der Waals surface area (Å²) in [6, 6.07) is 14.6. The van der Waals surface area contributed by atoms with Crippen molar-refractivity contribution in [3.05, 3.63) is 77.0 Å². The number of ketones is 1. The SMILES string of the molecule is C/C(=C/C(=O)c1ccc(C)cc1)NNC(=O)c1ccc(N(C)C)cc1. The second-order valence-electron chi connectivity index (χ2n) is 6.08. The van der Waals surface area contributed by atoms with Crippen LogP contribution in [0, 0.1) is 6.92 Å². The summed E-state index contributed by atoms with van der Waals surface area (Å²) in [5.74, 6) is -0.379. The molecule has 0 aliphatic carbocycles. The van der Waals surface area contributed by atoms with Gasteiger partial charge in [-0.05, 0) is 38.1 Å². The first kappa shape index (κ1) is 18.3. The van der Waals surface area contributed by atoms with E-state index in [0.29, 0.717) is 16.8 Å². The van der Waals surface area contributed by atoms with Crippen molar-refractivity contribution in [3.8, 4) is 0 Å². The molecule has 0 atom stereocenters. The van der Waals surface area contributed by atoms with E-state index in [2.05, 4.69) is 10.9 Å². The van der Waals surface area contributed by atoms with Gasteiger partial charge in [0.15, 0.2) is 5.78 Å². The van der Waals surface area contributed by atoms with Gasteiger partial charge in [0.05, 0.1) is 0 Å². The number of nitrogens with one attached hydrogen (secondary N) is 2. The van der Waals surface area contributed by atoms with Crippen molar-refractivity contribution in [2.45, 2.75) is 13.8 Å². The van der Waals surface area contributed by atoms with Crippen LogP contribution in [0.2, 0.25) is 0 Å². The fourth-order valence-corrected chi connectivity index (χ4v) is 2.17. The molecule has 0 saturated carbocycles. The maximum atomic E-state index is 12.1. The third-order valence-electron chi connectivity index (χ3n) is 3.70. The topological polar surface area (TPSA) is 61.4 Å². The van der Waals surface area contributed by atoms with Gasteiger partial charge in [0.2, 0.25) is 0 Å². The molecule has 0 aromatic heterocycles. The summed E-state index contributed by atoms with van der Waals surface area (Å²) in [7, 11) is 3.88. The molecule has 0 aliphatic rings. The monoisotopic (exact) mass is 337 g/mol. The molecular formula is C20H23N3O2. The predicted molar refractivity (Wildman–Crippen MR) is 101 cm³/mol. The van der Waals surface area contributed by atoms with E-state index in [4.69, 9.17) is 0 Å². The molecule has 2 aromatic rings. The van der Waals surface area contributed by atoms with E-state index in [1.165, 1.54) is 6.08 Å². The average Bonchev–Trinajstić information content (AvgIpc) is 2.60. The van der Waals surface area contributed by atoms with Gasteiger partial charge in [-0.2, -0.15) is 0 Å². The maximum Gasteiger partial charge on any atom is 0.269 e. The smallest absolute Gasteiger partial charge is 0.269 e. The number of rotatable bonds is 6. The van der Waals surface area contributed by atoms with Crippen LogP contribution in [0.3, 0.4) is 0 Å². The van der Waals surface area contributed by atoms with Crippen LogP contribution in [0.15, 0.2) is 60.3 Å². The van der Waals surface area contributed by atoms with E-state index in [-0.39, 0.29) is 11.7 Å². The van der Waals surface area contributed by atoms with Crippen LogP contribution in [0.1, 0.15) is 33.2 Å². The molecule has 0 radical (unpaired) electrons. The molecule has 0 heterocycles. The predicted octanol–water partition coefficient (Wildman–Crippen LogP) is 3.08. The highest BCUT2D eigenvalue weighted by atomic mass is 16.2. The fourth-order valence-electron chi connectivity index (χ4n) is 2.17. The van der Waals surface area contributed by atoms with Crippen LogP contribution in [0.25, 0.3) is 0 Å². The molecule has 0 spiro atoms.